The van der Waals surface area contributed by atoms with Crippen LogP contribution in [0.15, 0.2) is 12.1 Å². The molecule has 1 fully saturated rings. The van der Waals surface area contributed by atoms with E-state index in [4.69, 9.17) is 4.74 Å². The molecule has 1 atom stereocenters. The molecular formula is C15H26N4O. The molecule has 1 saturated heterocycles. The lowest BCUT2D eigenvalue weighted by molar-refractivity contribution is -0.0752. The van der Waals surface area contributed by atoms with Gasteiger partial charge in [-0.2, -0.15) is 5.10 Å². The lowest BCUT2D eigenvalue weighted by atomic mass is 10.1. The van der Waals surface area contributed by atoms with E-state index in [9.17, 15) is 0 Å². The topological polar surface area (TPSA) is 50.3 Å². The predicted molar refractivity (Wildman–Crippen MR) is 80.8 cm³/mol. The van der Waals surface area contributed by atoms with Crippen molar-refractivity contribution in [1.29, 1.82) is 0 Å². The maximum absolute atomic E-state index is 5.91. The van der Waals surface area contributed by atoms with Crippen molar-refractivity contribution in [3.8, 4) is 0 Å². The Hall–Kier alpha value is -1.20. The summed E-state index contributed by atoms with van der Waals surface area (Å²) in [5.74, 6) is 0.932. The average Bonchev–Trinajstić information content (AvgIpc) is 2.34. The van der Waals surface area contributed by atoms with E-state index in [1.54, 1.807) is 0 Å². The van der Waals surface area contributed by atoms with Gasteiger partial charge in [0.2, 0.25) is 0 Å². The second kappa shape index (κ2) is 6.06. The summed E-state index contributed by atoms with van der Waals surface area (Å²) in [6, 6.07) is 4.56. The number of nitrogens with zero attached hydrogens (tertiary/aromatic N) is 3. The van der Waals surface area contributed by atoms with Gasteiger partial charge in [0.25, 0.3) is 0 Å². The zero-order valence-electron chi connectivity index (χ0n) is 13.2. The first-order chi connectivity index (χ1) is 9.35. The van der Waals surface area contributed by atoms with Gasteiger partial charge in [0.15, 0.2) is 5.82 Å². The lowest BCUT2D eigenvalue weighted by Gasteiger charge is -2.42. The maximum atomic E-state index is 5.91. The molecule has 0 aromatic carbocycles. The van der Waals surface area contributed by atoms with Crippen LogP contribution in [0.3, 0.4) is 0 Å². The fraction of sp³-hybridized carbons (Fsp3) is 0.733. The third kappa shape index (κ3) is 4.15. The molecule has 0 saturated carbocycles. The zero-order valence-corrected chi connectivity index (χ0v) is 13.2. The summed E-state index contributed by atoms with van der Waals surface area (Å²) >= 11 is 0. The minimum absolute atomic E-state index is 0.142. The molecule has 2 rings (SSSR count). The first-order valence-electron chi connectivity index (χ1n) is 7.34. The molecule has 1 N–H and O–H groups in total. The van der Waals surface area contributed by atoms with Gasteiger partial charge in [0.05, 0.1) is 17.4 Å². The molecule has 0 amide bonds. The molecule has 5 heteroatoms. The molecule has 1 aliphatic rings. The monoisotopic (exact) mass is 278 g/mol. The number of hydrogen-bond donors (Lipinski definition) is 1. The summed E-state index contributed by atoms with van der Waals surface area (Å²) in [4.78, 5) is 2.25. The van der Waals surface area contributed by atoms with Gasteiger partial charge >= 0.3 is 0 Å². The predicted octanol–water partition coefficient (Wildman–Crippen LogP) is 1.98. The molecule has 20 heavy (non-hydrogen) atoms. The summed E-state index contributed by atoms with van der Waals surface area (Å²) < 4.78 is 5.91. The number of anilines is 1. The summed E-state index contributed by atoms with van der Waals surface area (Å²) in [5.41, 5.74) is 0.833. The smallest absolute Gasteiger partial charge is 0.151 e. The Kier molecular flexibility index (Phi) is 4.60. The maximum Gasteiger partial charge on any atom is 0.151 e. The number of morpholine rings is 1. The van der Waals surface area contributed by atoms with Gasteiger partial charge in [-0.3, -0.25) is 0 Å². The Morgan fingerprint density at radius 2 is 2.15 bits per heavy atom. The molecule has 0 bridgehead atoms. The zero-order chi connectivity index (χ0) is 14.8. The number of rotatable bonds is 4. The van der Waals surface area contributed by atoms with Crippen LogP contribution in [0, 0.1) is 0 Å². The highest BCUT2D eigenvalue weighted by Gasteiger charge is 2.31. The SMILES string of the molecule is CC(C)NCc1ccc(N2CC(C)OC(C)(C)C2)nn1. The van der Waals surface area contributed by atoms with Crippen LogP contribution >= 0.6 is 0 Å². The van der Waals surface area contributed by atoms with E-state index in [-0.39, 0.29) is 11.7 Å². The third-order valence-corrected chi connectivity index (χ3v) is 3.29. The van der Waals surface area contributed by atoms with Gasteiger partial charge in [0, 0.05) is 25.7 Å². The van der Waals surface area contributed by atoms with Crippen LogP contribution in [0.4, 0.5) is 5.82 Å². The van der Waals surface area contributed by atoms with E-state index >= 15 is 0 Å². The fourth-order valence-corrected chi connectivity index (χ4v) is 2.55. The van der Waals surface area contributed by atoms with Crippen LogP contribution in [0.2, 0.25) is 0 Å². The van der Waals surface area contributed by atoms with Gasteiger partial charge in [-0.1, -0.05) is 13.8 Å². The van der Waals surface area contributed by atoms with E-state index in [2.05, 4.69) is 61.1 Å². The van der Waals surface area contributed by atoms with Gasteiger partial charge in [-0.15, -0.1) is 5.10 Å². The fourth-order valence-electron chi connectivity index (χ4n) is 2.55. The molecule has 112 valence electrons. The molecule has 1 aromatic rings. The quantitative estimate of drug-likeness (QED) is 0.912. The van der Waals surface area contributed by atoms with Crippen LogP contribution in [-0.2, 0) is 11.3 Å². The summed E-state index contributed by atoms with van der Waals surface area (Å²) in [7, 11) is 0. The van der Waals surface area contributed by atoms with Crippen LogP contribution in [0.1, 0.15) is 40.3 Å². The Labute approximate surface area is 121 Å². The second-order valence-electron chi connectivity index (χ2n) is 6.49. The van der Waals surface area contributed by atoms with Crippen LogP contribution < -0.4 is 10.2 Å². The van der Waals surface area contributed by atoms with Crippen molar-refractivity contribution in [2.75, 3.05) is 18.0 Å². The Bertz CT molecular complexity index is 430. The van der Waals surface area contributed by atoms with E-state index in [1.807, 2.05) is 6.07 Å². The second-order valence-corrected chi connectivity index (χ2v) is 6.49. The standard InChI is InChI=1S/C15H26N4O/c1-11(2)16-8-13-6-7-14(18-17-13)19-9-12(3)20-15(4,5)10-19/h6-7,11-12,16H,8-10H2,1-5H3. The normalized spacial score (nSPS) is 22.3. The van der Waals surface area contributed by atoms with Crippen LogP contribution in [0.25, 0.3) is 0 Å². The molecule has 1 aromatic heterocycles. The summed E-state index contributed by atoms with van der Waals surface area (Å²) in [6.07, 6.45) is 0.211. The van der Waals surface area contributed by atoms with Gasteiger partial charge in [0.1, 0.15) is 0 Å². The number of hydrogen-bond acceptors (Lipinski definition) is 5. The Balaban J connectivity index is 2.02. The van der Waals surface area contributed by atoms with Crippen molar-refractivity contribution in [3.63, 3.8) is 0 Å². The van der Waals surface area contributed by atoms with Crippen molar-refractivity contribution in [1.82, 2.24) is 15.5 Å². The largest absolute Gasteiger partial charge is 0.369 e. The van der Waals surface area contributed by atoms with Crippen molar-refractivity contribution >= 4 is 5.82 Å². The third-order valence-electron chi connectivity index (χ3n) is 3.29. The minimum atomic E-state index is -0.142. The highest BCUT2D eigenvalue weighted by molar-refractivity contribution is 5.38. The first kappa shape index (κ1) is 15.2. The molecule has 0 aliphatic carbocycles. The minimum Gasteiger partial charge on any atom is -0.369 e. The van der Waals surface area contributed by atoms with Crippen molar-refractivity contribution in [2.24, 2.45) is 0 Å². The van der Waals surface area contributed by atoms with Crippen molar-refractivity contribution in [2.45, 2.75) is 58.9 Å². The molecule has 1 aliphatic heterocycles. The van der Waals surface area contributed by atoms with E-state index in [0.29, 0.717) is 6.04 Å². The van der Waals surface area contributed by atoms with Crippen molar-refractivity contribution < 1.29 is 4.74 Å². The van der Waals surface area contributed by atoms with Gasteiger partial charge in [-0.25, -0.2) is 0 Å². The molecule has 5 nitrogen and oxygen atoms in total. The first-order valence-corrected chi connectivity index (χ1v) is 7.34. The van der Waals surface area contributed by atoms with Gasteiger partial charge < -0.3 is 15.0 Å². The van der Waals surface area contributed by atoms with E-state index in [0.717, 1.165) is 31.1 Å². The number of ether oxygens (including phenoxy) is 1. The van der Waals surface area contributed by atoms with Crippen LogP contribution in [0.5, 0.6) is 0 Å². The lowest BCUT2D eigenvalue weighted by Crippen LogP contribution is -2.52. The summed E-state index contributed by atoms with van der Waals surface area (Å²) in [6.45, 7) is 13.0. The highest BCUT2D eigenvalue weighted by Crippen LogP contribution is 2.24. The van der Waals surface area contributed by atoms with E-state index in [1.165, 1.54) is 0 Å². The average molecular weight is 278 g/mol. The van der Waals surface area contributed by atoms with Crippen LogP contribution in [-0.4, -0.2) is 41.0 Å². The van der Waals surface area contributed by atoms with Crippen molar-refractivity contribution in [3.05, 3.63) is 17.8 Å². The Morgan fingerprint density at radius 3 is 2.70 bits per heavy atom. The number of aromatic nitrogens is 2. The number of nitrogens with one attached hydrogen (secondary N) is 1. The van der Waals surface area contributed by atoms with Gasteiger partial charge in [-0.05, 0) is 32.9 Å². The molecule has 2 heterocycles. The highest BCUT2D eigenvalue weighted by atomic mass is 16.5. The summed E-state index contributed by atoms with van der Waals surface area (Å²) in [5, 5.41) is 12.0. The Morgan fingerprint density at radius 1 is 1.40 bits per heavy atom. The molecule has 1 unspecified atom stereocenters. The molecule has 0 radical (unpaired) electrons. The van der Waals surface area contributed by atoms with E-state index < -0.39 is 0 Å². The molecule has 0 spiro atoms. The molecular weight excluding hydrogens is 252 g/mol.